The average Bonchev–Trinajstić information content (AvgIpc) is 2.94. The molecule has 2 rings (SSSR count). The van der Waals surface area contributed by atoms with Gasteiger partial charge in [0.2, 0.25) is 0 Å². The molecule has 1 atom stereocenters. The van der Waals surface area contributed by atoms with Crippen LogP contribution in [0.25, 0.3) is 0 Å². The average molecular weight is 383 g/mol. The monoisotopic (exact) mass is 382 g/mol. The van der Waals surface area contributed by atoms with E-state index in [-0.39, 0.29) is 23.5 Å². The van der Waals surface area contributed by atoms with Gasteiger partial charge >= 0.3 is 0 Å². The Morgan fingerprint density at radius 1 is 1.19 bits per heavy atom. The quantitative estimate of drug-likeness (QED) is 0.684. The number of rotatable bonds is 8. The van der Waals surface area contributed by atoms with Crippen molar-refractivity contribution in [3.05, 3.63) is 17.6 Å². The molecule has 0 spiro atoms. The number of anilines is 1. The third-order valence-corrected chi connectivity index (χ3v) is 6.35. The molecular weight excluding hydrogens is 352 g/mol. The SMILES string of the molecule is CCCN(CCC)C(=O)c1cc(N(CC)C2CCS(=O)(=O)C2)nc(C)n1. The van der Waals surface area contributed by atoms with Crippen LogP contribution in [-0.4, -0.2) is 66.4 Å². The van der Waals surface area contributed by atoms with Gasteiger partial charge in [-0.3, -0.25) is 4.79 Å². The summed E-state index contributed by atoms with van der Waals surface area (Å²) in [6.45, 7) is 9.87. The number of hydrogen-bond acceptors (Lipinski definition) is 6. The molecule has 1 aliphatic rings. The van der Waals surface area contributed by atoms with Crippen molar-refractivity contribution in [2.45, 2.75) is 53.0 Å². The van der Waals surface area contributed by atoms with Crippen molar-refractivity contribution in [3.8, 4) is 0 Å². The number of sulfone groups is 1. The fraction of sp³-hybridized carbons (Fsp3) is 0.722. The lowest BCUT2D eigenvalue weighted by molar-refractivity contribution is 0.0749. The van der Waals surface area contributed by atoms with Crippen LogP contribution in [0.4, 0.5) is 5.82 Å². The summed E-state index contributed by atoms with van der Waals surface area (Å²) < 4.78 is 23.7. The minimum Gasteiger partial charge on any atom is -0.353 e. The minimum absolute atomic E-state index is 0.0875. The Bertz CT molecular complexity index is 730. The molecule has 1 fully saturated rings. The van der Waals surface area contributed by atoms with E-state index in [1.165, 1.54) is 0 Å². The lowest BCUT2D eigenvalue weighted by atomic mass is 10.2. The molecule has 0 aliphatic carbocycles. The van der Waals surface area contributed by atoms with Crippen molar-refractivity contribution >= 4 is 21.6 Å². The highest BCUT2D eigenvalue weighted by molar-refractivity contribution is 7.91. The van der Waals surface area contributed by atoms with Crippen LogP contribution in [0.5, 0.6) is 0 Å². The van der Waals surface area contributed by atoms with Gasteiger partial charge in [0.1, 0.15) is 17.3 Å². The van der Waals surface area contributed by atoms with E-state index in [1.807, 2.05) is 30.6 Å². The molecule has 0 bridgehead atoms. The highest BCUT2D eigenvalue weighted by atomic mass is 32.2. The highest BCUT2D eigenvalue weighted by Gasteiger charge is 2.33. The zero-order valence-corrected chi connectivity index (χ0v) is 17.0. The topological polar surface area (TPSA) is 83.5 Å². The van der Waals surface area contributed by atoms with Crippen molar-refractivity contribution in [1.82, 2.24) is 14.9 Å². The van der Waals surface area contributed by atoms with Gasteiger partial charge in [0.15, 0.2) is 9.84 Å². The first-order chi connectivity index (χ1) is 12.3. The molecule has 0 aromatic carbocycles. The summed E-state index contributed by atoms with van der Waals surface area (Å²) >= 11 is 0. The summed E-state index contributed by atoms with van der Waals surface area (Å²) in [5.74, 6) is 1.43. The number of carbonyl (C=O) groups is 1. The summed E-state index contributed by atoms with van der Waals surface area (Å²) in [4.78, 5) is 25.5. The maximum Gasteiger partial charge on any atom is 0.272 e. The van der Waals surface area contributed by atoms with Crippen molar-refractivity contribution in [1.29, 1.82) is 0 Å². The largest absolute Gasteiger partial charge is 0.353 e. The van der Waals surface area contributed by atoms with Gasteiger partial charge in [0.25, 0.3) is 5.91 Å². The van der Waals surface area contributed by atoms with Crippen LogP contribution in [-0.2, 0) is 9.84 Å². The summed E-state index contributed by atoms with van der Waals surface area (Å²) in [6.07, 6.45) is 2.38. The molecule has 8 heteroatoms. The van der Waals surface area contributed by atoms with Gasteiger partial charge in [0, 0.05) is 31.7 Å². The van der Waals surface area contributed by atoms with Crippen LogP contribution in [0.3, 0.4) is 0 Å². The second-order valence-electron chi connectivity index (χ2n) is 6.79. The Morgan fingerprint density at radius 2 is 1.85 bits per heavy atom. The number of aryl methyl sites for hydroxylation is 1. The first kappa shape index (κ1) is 20.6. The van der Waals surface area contributed by atoms with E-state index >= 15 is 0 Å². The molecule has 0 radical (unpaired) electrons. The molecule has 26 heavy (non-hydrogen) atoms. The molecule has 1 aromatic heterocycles. The molecule has 146 valence electrons. The van der Waals surface area contributed by atoms with Gasteiger partial charge in [-0.25, -0.2) is 18.4 Å². The van der Waals surface area contributed by atoms with E-state index in [1.54, 1.807) is 13.0 Å². The maximum absolute atomic E-state index is 12.9. The molecule has 1 amide bonds. The summed E-state index contributed by atoms with van der Waals surface area (Å²) in [7, 11) is -2.98. The number of carbonyl (C=O) groups excluding carboxylic acids is 1. The Kier molecular flexibility index (Phi) is 6.97. The van der Waals surface area contributed by atoms with Crippen LogP contribution in [0.15, 0.2) is 6.07 Å². The second kappa shape index (κ2) is 8.79. The number of nitrogens with zero attached hydrogens (tertiary/aromatic N) is 4. The van der Waals surface area contributed by atoms with Crippen LogP contribution in [0.2, 0.25) is 0 Å². The second-order valence-corrected chi connectivity index (χ2v) is 9.02. The van der Waals surface area contributed by atoms with Gasteiger partial charge in [-0.05, 0) is 33.1 Å². The minimum atomic E-state index is -2.98. The standard InChI is InChI=1S/C18H30N4O3S/c1-5-9-21(10-6-2)18(23)16-12-17(20-14(4)19-16)22(7-3)15-8-11-26(24,25)13-15/h12,15H,5-11,13H2,1-4H3. The normalized spacial score (nSPS) is 18.7. The lowest BCUT2D eigenvalue weighted by Gasteiger charge is -2.29. The molecule has 1 aliphatic heterocycles. The highest BCUT2D eigenvalue weighted by Crippen LogP contribution is 2.23. The predicted molar refractivity (Wildman–Crippen MR) is 103 cm³/mol. The molecule has 1 aromatic rings. The predicted octanol–water partition coefficient (Wildman–Crippen LogP) is 2.06. The summed E-state index contributed by atoms with van der Waals surface area (Å²) in [6, 6.07) is 1.62. The molecule has 2 heterocycles. The van der Waals surface area contributed by atoms with Crippen LogP contribution in [0.1, 0.15) is 56.3 Å². The Hall–Kier alpha value is -1.70. The van der Waals surface area contributed by atoms with Gasteiger partial charge < -0.3 is 9.80 Å². The van der Waals surface area contributed by atoms with E-state index < -0.39 is 9.84 Å². The van der Waals surface area contributed by atoms with E-state index in [4.69, 9.17) is 0 Å². The summed E-state index contributed by atoms with van der Waals surface area (Å²) in [5, 5.41) is 0. The van der Waals surface area contributed by atoms with Crippen molar-refractivity contribution < 1.29 is 13.2 Å². The van der Waals surface area contributed by atoms with Gasteiger partial charge in [-0.1, -0.05) is 13.8 Å². The molecule has 0 saturated carbocycles. The third-order valence-electron chi connectivity index (χ3n) is 4.60. The van der Waals surface area contributed by atoms with E-state index in [9.17, 15) is 13.2 Å². The van der Waals surface area contributed by atoms with Crippen molar-refractivity contribution in [2.75, 3.05) is 36.0 Å². The van der Waals surface area contributed by atoms with E-state index in [0.29, 0.717) is 43.4 Å². The molecule has 1 unspecified atom stereocenters. The Morgan fingerprint density at radius 3 is 2.35 bits per heavy atom. The van der Waals surface area contributed by atoms with Gasteiger partial charge in [0.05, 0.1) is 11.5 Å². The zero-order valence-electron chi connectivity index (χ0n) is 16.2. The maximum atomic E-state index is 12.9. The first-order valence-corrected chi connectivity index (χ1v) is 11.2. The van der Waals surface area contributed by atoms with Crippen molar-refractivity contribution in [3.63, 3.8) is 0 Å². The number of aromatic nitrogens is 2. The fourth-order valence-corrected chi connectivity index (χ4v) is 5.18. The van der Waals surface area contributed by atoms with Crippen LogP contribution >= 0.6 is 0 Å². The van der Waals surface area contributed by atoms with Crippen LogP contribution in [0, 0.1) is 6.92 Å². The smallest absolute Gasteiger partial charge is 0.272 e. The first-order valence-electron chi connectivity index (χ1n) is 9.43. The van der Waals surface area contributed by atoms with Crippen LogP contribution < -0.4 is 4.90 Å². The number of hydrogen-bond donors (Lipinski definition) is 0. The third kappa shape index (κ3) is 4.93. The fourth-order valence-electron chi connectivity index (χ4n) is 3.45. The van der Waals surface area contributed by atoms with Crippen molar-refractivity contribution in [2.24, 2.45) is 0 Å². The number of amides is 1. The Labute approximate surface area is 156 Å². The lowest BCUT2D eigenvalue weighted by Crippen LogP contribution is -2.38. The molecular formula is C18H30N4O3S. The van der Waals surface area contributed by atoms with Gasteiger partial charge in [-0.2, -0.15) is 0 Å². The zero-order chi connectivity index (χ0) is 19.3. The van der Waals surface area contributed by atoms with E-state index in [2.05, 4.69) is 9.97 Å². The van der Waals surface area contributed by atoms with Gasteiger partial charge in [-0.15, -0.1) is 0 Å². The molecule has 7 nitrogen and oxygen atoms in total. The molecule has 0 N–H and O–H groups in total. The van der Waals surface area contributed by atoms with E-state index in [0.717, 1.165) is 12.8 Å². The summed E-state index contributed by atoms with van der Waals surface area (Å²) in [5.41, 5.74) is 0.383. The Balaban J connectivity index is 2.31. The molecule has 1 saturated heterocycles.